The summed E-state index contributed by atoms with van der Waals surface area (Å²) in [6.45, 7) is 0. The summed E-state index contributed by atoms with van der Waals surface area (Å²) in [4.78, 5) is -0.335. The summed E-state index contributed by atoms with van der Waals surface area (Å²) >= 11 is 12.4. The molecular formula is C8H4Br2ClN. The molecule has 0 amide bonds. The summed E-state index contributed by atoms with van der Waals surface area (Å²) in [5.41, 5.74) is 0.794. The van der Waals surface area contributed by atoms with Crippen molar-refractivity contribution in [2.75, 3.05) is 0 Å². The first-order chi connectivity index (χ1) is 5.65. The van der Waals surface area contributed by atoms with Gasteiger partial charge in [-0.05, 0) is 17.7 Å². The molecule has 1 nitrogen and oxygen atoms in total. The molecule has 0 spiro atoms. The van der Waals surface area contributed by atoms with Crippen LogP contribution in [0.5, 0.6) is 0 Å². The van der Waals surface area contributed by atoms with E-state index in [0.717, 1.165) is 10.0 Å². The fourth-order valence-corrected chi connectivity index (χ4v) is 2.09. The van der Waals surface area contributed by atoms with Crippen molar-refractivity contribution in [2.24, 2.45) is 0 Å². The van der Waals surface area contributed by atoms with Gasteiger partial charge in [-0.1, -0.05) is 49.5 Å². The first kappa shape index (κ1) is 10.0. The van der Waals surface area contributed by atoms with Gasteiger partial charge in [-0.25, -0.2) is 0 Å². The lowest BCUT2D eigenvalue weighted by Gasteiger charge is -2.03. The third-order valence-electron chi connectivity index (χ3n) is 1.35. The van der Waals surface area contributed by atoms with E-state index in [4.69, 9.17) is 16.9 Å². The topological polar surface area (TPSA) is 23.8 Å². The molecule has 0 bridgehead atoms. The maximum Gasteiger partial charge on any atom is 0.128 e. The maximum absolute atomic E-state index is 8.61. The van der Waals surface area contributed by atoms with E-state index < -0.39 is 0 Å². The zero-order chi connectivity index (χ0) is 9.14. The Balaban J connectivity index is 3.11. The molecule has 0 aliphatic heterocycles. The number of hydrogen-bond acceptors (Lipinski definition) is 1. The lowest BCUT2D eigenvalue weighted by molar-refractivity contribution is 1.25. The molecule has 0 N–H and O–H groups in total. The molecular weight excluding hydrogens is 305 g/mol. The molecule has 1 aromatic carbocycles. The Morgan fingerprint density at radius 2 is 2.17 bits per heavy atom. The van der Waals surface area contributed by atoms with Gasteiger partial charge < -0.3 is 0 Å². The van der Waals surface area contributed by atoms with Gasteiger partial charge in [0, 0.05) is 9.50 Å². The van der Waals surface area contributed by atoms with E-state index in [1.165, 1.54) is 0 Å². The Kier molecular flexibility index (Phi) is 3.57. The van der Waals surface area contributed by atoms with Crippen LogP contribution in [0.2, 0.25) is 5.02 Å². The monoisotopic (exact) mass is 307 g/mol. The normalized spacial score (nSPS) is 12.2. The number of nitrogens with zero attached hydrogens (tertiary/aromatic N) is 1. The zero-order valence-electron chi connectivity index (χ0n) is 5.89. The molecule has 1 aromatic rings. The van der Waals surface area contributed by atoms with E-state index in [1.54, 1.807) is 6.07 Å². The molecule has 1 atom stereocenters. The van der Waals surface area contributed by atoms with Crippen LogP contribution in [0.25, 0.3) is 0 Å². The van der Waals surface area contributed by atoms with Crippen molar-refractivity contribution in [1.82, 2.24) is 0 Å². The lowest BCUT2D eigenvalue weighted by atomic mass is 10.2. The summed E-state index contributed by atoms with van der Waals surface area (Å²) in [5, 5.41) is 9.21. The predicted molar refractivity (Wildman–Crippen MR) is 56.4 cm³/mol. The van der Waals surface area contributed by atoms with Crippen LogP contribution < -0.4 is 0 Å². The average Bonchev–Trinajstić information content (AvgIpc) is 2.03. The van der Waals surface area contributed by atoms with E-state index in [1.807, 2.05) is 12.1 Å². The molecule has 1 rings (SSSR count). The second kappa shape index (κ2) is 4.27. The van der Waals surface area contributed by atoms with Crippen molar-refractivity contribution >= 4 is 43.5 Å². The minimum absolute atomic E-state index is 0.335. The van der Waals surface area contributed by atoms with E-state index in [9.17, 15) is 0 Å². The van der Waals surface area contributed by atoms with Gasteiger partial charge >= 0.3 is 0 Å². The second-order valence-corrected chi connectivity index (χ2v) is 4.40. The predicted octanol–water partition coefficient (Wildman–Crippen LogP) is 4.06. The Hall–Kier alpha value is -0.0400. The molecule has 0 saturated heterocycles. The van der Waals surface area contributed by atoms with Crippen LogP contribution in [0, 0.1) is 11.3 Å². The van der Waals surface area contributed by atoms with Crippen LogP contribution in [0.15, 0.2) is 22.7 Å². The first-order valence-electron chi connectivity index (χ1n) is 3.14. The minimum atomic E-state index is -0.335. The number of alkyl halides is 1. The van der Waals surface area contributed by atoms with Crippen molar-refractivity contribution in [1.29, 1.82) is 5.26 Å². The smallest absolute Gasteiger partial charge is 0.128 e. The molecule has 0 saturated carbocycles. The van der Waals surface area contributed by atoms with Gasteiger partial charge in [0.15, 0.2) is 0 Å². The van der Waals surface area contributed by atoms with Gasteiger partial charge in [-0.15, -0.1) is 0 Å². The van der Waals surface area contributed by atoms with Crippen LogP contribution in [-0.2, 0) is 0 Å². The van der Waals surface area contributed by atoms with Crippen LogP contribution in [-0.4, -0.2) is 0 Å². The van der Waals surface area contributed by atoms with E-state index >= 15 is 0 Å². The van der Waals surface area contributed by atoms with Crippen molar-refractivity contribution in [3.63, 3.8) is 0 Å². The first-order valence-corrected chi connectivity index (χ1v) is 5.22. The highest BCUT2D eigenvalue weighted by atomic mass is 79.9. The Morgan fingerprint density at radius 3 is 2.67 bits per heavy atom. The van der Waals surface area contributed by atoms with Crippen LogP contribution in [0.3, 0.4) is 0 Å². The maximum atomic E-state index is 8.61. The molecule has 12 heavy (non-hydrogen) atoms. The van der Waals surface area contributed by atoms with Crippen LogP contribution >= 0.6 is 43.5 Å². The Bertz CT molecular complexity index is 332. The van der Waals surface area contributed by atoms with Gasteiger partial charge in [0.25, 0.3) is 0 Å². The minimum Gasteiger partial charge on any atom is -0.197 e. The third-order valence-corrected chi connectivity index (χ3v) is 2.87. The van der Waals surface area contributed by atoms with Gasteiger partial charge in [0.1, 0.15) is 4.83 Å². The highest BCUT2D eigenvalue weighted by molar-refractivity contribution is 9.10. The third kappa shape index (κ3) is 2.22. The second-order valence-electron chi connectivity index (χ2n) is 2.16. The summed E-state index contributed by atoms with van der Waals surface area (Å²) < 4.78 is 0.911. The van der Waals surface area contributed by atoms with E-state index in [0.29, 0.717) is 5.02 Å². The number of halogens is 3. The van der Waals surface area contributed by atoms with Crippen molar-refractivity contribution in [3.05, 3.63) is 33.3 Å². The molecule has 0 aromatic heterocycles. The number of rotatable bonds is 1. The van der Waals surface area contributed by atoms with E-state index in [2.05, 4.69) is 37.9 Å². The van der Waals surface area contributed by atoms with Crippen LogP contribution in [0.4, 0.5) is 0 Å². The number of nitriles is 1. The van der Waals surface area contributed by atoms with Gasteiger partial charge in [-0.2, -0.15) is 5.26 Å². The number of benzene rings is 1. The standard InChI is InChI=1S/C8H4Br2ClN/c9-5-1-2-6(7(10)4-12)8(11)3-5/h1-3,7H. The molecule has 0 fully saturated rings. The summed E-state index contributed by atoms with van der Waals surface area (Å²) in [5.74, 6) is 0. The average molecular weight is 309 g/mol. The zero-order valence-corrected chi connectivity index (χ0v) is 9.82. The highest BCUT2D eigenvalue weighted by Crippen LogP contribution is 2.30. The summed E-state index contributed by atoms with van der Waals surface area (Å²) in [6.07, 6.45) is 0. The van der Waals surface area contributed by atoms with Crippen molar-refractivity contribution in [3.8, 4) is 6.07 Å². The molecule has 62 valence electrons. The van der Waals surface area contributed by atoms with Gasteiger partial charge in [0.2, 0.25) is 0 Å². The van der Waals surface area contributed by atoms with E-state index in [-0.39, 0.29) is 4.83 Å². The highest BCUT2D eigenvalue weighted by Gasteiger charge is 2.09. The molecule has 0 aliphatic carbocycles. The SMILES string of the molecule is N#CC(Br)c1ccc(Br)cc1Cl. The van der Waals surface area contributed by atoms with Crippen molar-refractivity contribution < 1.29 is 0 Å². The van der Waals surface area contributed by atoms with Crippen LogP contribution in [0.1, 0.15) is 10.4 Å². The lowest BCUT2D eigenvalue weighted by Crippen LogP contribution is -1.86. The largest absolute Gasteiger partial charge is 0.197 e. The molecule has 0 aliphatic rings. The van der Waals surface area contributed by atoms with Gasteiger partial charge in [0.05, 0.1) is 6.07 Å². The molecule has 0 radical (unpaired) electrons. The Morgan fingerprint density at radius 1 is 1.50 bits per heavy atom. The fraction of sp³-hybridized carbons (Fsp3) is 0.125. The summed E-state index contributed by atoms with van der Waals surface area (Å²) in [7, 11) is 0. The molecule has 1 unspecified atom stereocenters. The van der Waals surface area contributed by atoms with Crippen molar-refractivity contribution in [2.45, 2.75) is 4.83 Å². The summed E-state index contributed by atoms with van der Waals surface area (Å²) in [6, 6.07) is 7.49. The molecule has 4 heteroatoms. The quantitative estimate of drug-likeness (QED) is 0.718. The number of hydrogen-bond donors (Lipinski definition) is 0. The Labute approximate surface area is 92.6 Å². The fourth-order valence-electron chi connectivity index (χ4n) is 0.777. The molecule has 0 heterocycles. The van der Waals surface area contributed by atoms with Gasteiger partial charge in [-0.3, -0.25) is 0 Å².